The number of nitrogens with one attached hydrogen (secondary N) is 1. The highest BCUT2D eigenvalue weighted by Crippen LogP contribution is 2.51. The minimum absolute atomic E-state index is 0.0110. The Morgan fingerprint density at radius 2 is 2.00 bits per heavy atom. The van der Waals surface area contributed by atoms with Gasteiger partial charge in [0.15, 0.2) is 5.54 Å². The van der Waals surface area contributed by atoms with Crippen molar-refractivity contribution < 1.29 is 18.7 Å². The van der Waals surface area contributed by atoms with Gasteiger partial charge in [0, 0.05) is 48.9 Å². The molecule has 0 bridgehead atoms. The standard InChI is InChI=1S/C22H23ClFN3O3/c1-26(2)20(28)18-11-14(24)12-27(18)22(15-6-4-5-7-19(15)30-3)16-10-13(23)8-9-17(16)25-21(22)29/h4-10,14,18H,11-12H2,1-3H3,(H,25,29)/t14-,18+,22?/m1/s1. The SMILES string of the molecule is COc1ccccc1C1(N2C[C@H](F)C[C@H]2C(=O)N(C)C)C(=O)Nc2ccc(Cl)cc21. The predicted octanol–water partition coefficient (Wildman–Crippen LogP) is 3.04. The molecule has 2 aromatic carbocycles. The van der Waals surface area contributed by atoms with Gasteiger partial charge in [0.05, 0.1) is 13.2 Å². The van der Waals surface area contributed by atoms with Crippen molar-refractivity contribution >= 4 is 29.1 Å². The van der Waals surface area contributed by atoms with E-state index in [1.54, 1.807) is 61.5 Å². The summed E-state index contributed by atoms with van der Waals surface area (Å²) in [7, 11) is 4.77. The zero-order valence-corrected chi connectivity index (χ0v) is 17.7. The average molecular weight is 432 g/mol. The van der Waals surface area contributed by atoms with Gasteiger partial charge in [0.1, 0.15) is 11.9 Å². The van der Waals surface area contributed by atoms with Crippen LogP contribution in [0.5, 0.6) is 5.75 Å². The number of likely N-dealkylation sites (tertiary alicyclic amines) is 1. The Hall–Kier alpha value is -2.64. The highest BCUT2D eigenvalue weighted by molar-refractivity contribution is 6.31. The number of benzene rings is 2. The third-order valence-corrected chi connectivity index (χ3v) is 6.09. The lowest BCUT2D eigenvalue weighted by Gasteiger charge is -2.41. The van der Waals surface area contributed by atoms with Crippen molar-refractivity contribution in [1.29, 1.82) is 0 Å². The Bertz CT molecular complexity index is 1010. The summed E-state index contributed by atoms with van der Waals surface area (Å²) in [6.07, 6.45) is -1.24. The van der Waals surface area contributed by atoms with Crippen LogP contribution in [0.1, 0.15) is 17.5 Å². The van der Waals surface area contributed by atoms with E-state index in [0.717, 1.165) is 0 Å². The molecule has 0 spiro atoms. The second-order valence-electron chi connectivity index (χ2n) is 7.79. The molecule has 2 aliphatic heterocycles. The molecule has 6 nitrogen and oxygen atoms in total. The van der Waals surface area contributed by atoms with Gasteiger partial charge in [-0.05, 0) is 24.3 Å². The Balaban J connectivity index is 2.03. The number of halogens is 2. The summed E-state index contributed by atoms with van der Waals surface area (Å²) < 4.78 is 20.3. The van der Waals surface area contributed by atoms with Crippen molar-refractivity contribution in [2.45, 2.75) is 24.2 Å². The second-order valence-corrected chi connectivity index (χ2v) is 8.22. The zero-order valence-electron chi connectivity index (χ0n) is 17.0. The molecule has 0 aromatic heterocycles. The number of fused-ring (bicyclic) bond motifs is 1. The molecule has 0 aliphatic carbocycles. The lowest BCUT2D eigenvalue weighted by Crippen LogP contribution is -2.57. The molecule has 0 saturated carbocycles. The molecule has 2 aromatic rings. The summed E-state index contributed by atoms with van der Waals surface area (Å²) in [6, 6.07) is 11.4. The molecule has 1 fully saturated rings. The first kappa shape index (κ1) is 20.6. The number of carbonyl (C=O) groups excluding carboxylic acids is 2. The van der Waals surface area contributed by atoms with E-state index in [1.165, 1.54) is 12.0 Å². The van der Waals surface area contributed by atoms with Crippen molar-refractivity contribution in [1.82, 2.24) is 9.80 Å². The lowest BCUT2D eigenvalue weighted by molar-refractivity contribution is -0.138. The van der Waals surface area contributed by atoms with Gasteiger partial charge in [-0.1, -0.05) is 29.8 Å². The molecule has 1 saturated heterocycles. The molecular formula is C22H23ClFN3O3. The molecule has 30 heavy (non-hydrogen) atoms. The fourth-order valence-electron chi connectivity index (χ4n) is 4.60. The molecule has 2 heterocycles. The van der Waals surface area contributed by atoms with E-state index in [0.29, 0.717) is 27.6 Å². The third-order valence-electron chi connectivity index (χ3n) is 5.85. The lowest BCUT2D eigenvalue weighted by atomic mass is 9.80. The third kappa shape index (κ3) is 2.96. The number of alkyl halides is 1. The van der Waals surface area contributed by atoms with Crippen LogP contribution >= 0.6 is 11.6 Å². The van der Waals surface area contributed by atoms with Gasteiger partial charge in [0.25, 0.3) is 5.91 Å². The first-order valence-electron chi connectivity index (χ1n) is 9.67. The summed E-state index contributed by atoms with van der Waals surface area (Å²) in [6.45, 7) is -0.0678. The maximum absolute atomic E-state index is 14.8. The van der Waals surface area contributed by atoms with Gasteiger partial charge in [-0.2, -0.15) is 0 Å². The molecule has 4 rings (SSSR count). The van der Waals surface area contributed by atoms with Crippen LogP contribution in [0.15, 0.2) is 42.5 Å². The summed E-state index contributed by atoms with van der Waals surface area (Å²) in [5.41, 5.74) is 0.241. The van der Waals surface area contributed by atoms with Crippen molar-refractivity contribution in [2.75, 3.05) is 33.1 Å². The number of carbonyl (C=O) groups is 2. The molecule has 0 radical (unpaired) electrons. The quantitative estimate of drug-likeness (QED) is 0.808. The average Bonchev–Trinajstić information content (AvgIpc) is 3.24. The molecular weight excluding hydrogens is 409 g/mol. The van der Waals surface area contributed by atoms with Crippen LogP contribution in [0.25, 0.3) is 0 Å². The Labute approximate surface area is 179 Å². The van der Waals surface area contributed by atoms with E-state index in [1.807, 2.05) is 0 Å². The largest absolute Gasteiger partial charge is 0.496 e. The van der Waals surface area contributed by atoms with E-state index in [9.17, 15) is 14.0 Å². The van der Waals surface area contributed by atoms with Gasteiger partial charge >= 0.3 is 0 Å². The zero-order chi connectivity index (χ0) is 21.6. The number of para-hydroxylation sites is 1. The van der Waals surface area contributed by atoms with Gasteiger partial charge in [-0.25, -0.2) is 4.39 Å². The van der Waals surface area contributed by atoms with Crippen molar-refractivity contribution in [2.24, 2.45) is 0 Å². The van der Waals surface area contributed by atoms with Crippen molar-refractivity contribution in [3.63, 3.8) is 0 Å². The van der Waals surface area contributed by atoms with Gasteiger partial charge in [0.2, 0.25) is 5.91 Å². The van der Waals surface area contributed by atoms with E-state index in [4.69, 9.17) is 16.3 Å². The molecule has 8 heteroatoms. The Morgan fingerprint density at radius 1 is 1.27 bits per heavy atom. The molecule has 1 N–H and O–H groups in total. The summed E-state index contributed by atoms with van der Waals surface area (Å²) in [5, 5.41) is 3.34. The van der Waals surface area contributed by atoms with Crippen LogP contribution in [-0.2, 0) is 15.1 Å². The van der Waals surface area contributed by atoms with Crippen LogP contribution in [0.3, 0.4) is 0 Å². The maximum Gasteiger partial charge on any atom is 0.254 e. The number of ether oxygens (including phenoxy) is 1. The fourth-order valence-corrected chi connectivity index (χ4v) is 4.77. The fraction of sp³-hybridized carbons (Fsp3) is 0.364. The van der Waals surface area contributed by atoms with Crippen molar-refractivity contribution in [3.8, 4) is 5.75 Å². The smallest absolute Gasteiger partial charge is 0.254 e. The van der Waals surface area contributed by atoms with Crippen LogP contribution in [0, 0.1) is 0 Å². The van der Waals surface area contributed by atoms with Gasteiger partial charge in [-0.15, -0.1) is 0 Å². The number of nitrogens with zero attached hydrogens (tertiary/aromatic N) is 2. The maximum atomic E-state index is 14.8. The van der Waals surface area contributed by atoms with Crippen molar-refractivity contribution in [3.05, 3.63) is 58.6 Å². The molecule has 2 aliphatic rings. The molecule has 2 amide bonds. The number of likely N-dealkylation sites (N-methyl/N-ethyl adjacent to an activating group) is 1. The summed E-state index contributed by atoms with van der Waals surface area (Å²) in [5.74, 6) is -0.151. The van der Waals surface area contributed by atoms with E-state index < -0.39 is 17.8 Å². The summed E-state index contributed by atoms with van der Waals surface area (Å²) in [4.78, 5) is 29.8. The molecule has 1 unspecified atom stereocenters. The second kappa shape index (κ2) is 7.56. The monoisotopic (exact) mass is 431 g/mol. The van der Waals surface area contributed by atoms with Gasteiger partial charge in [-0.3, -0.25) is 14.5 Å². The number of methoxy groups -OCH3 is 1. The molecule has 3 atom stereocenters. The highest BCUT2D eigenvalue weighted by atomic mass is 35.5. The van der Waals surface area contributed by atoms with E-state index in [-0.39, 0.29) is 24.8 Å². The Kier molecular flexibility index (Phi) is 5.20. The topological polar surface area (TPSA) is 61.9 Å². The number of hydrogen-bond donors (Lipinski definition) is 1. The minimum atomic E-state index is -1.45. The van der Waals surface area contributed by atoms with Gasteiger partial charge < -0.3 is 15.0 Å². The molecule has 158 valence electrons. The van der Waals surface area contributed by atoms with Crippen LogP contribution < -0.4 is 10.1 Å². The number of anilines is 1. The predicted molar refractivity (Wildman–Crippen MR) is 113 cm³/mol. The Morgan fingerprint density at radius 3 is 2.70 bits per heavy atom. The first-order valence-corrected chi connectivity index (χ1v) is 10.1. The first-order chi connectivity index (χ1) is 14.3. The van der Waals surface area contributed by atoms with E-state index in [2.05, 4.69) is 5.32 Å². The van der Waals surface area contributed by atoms with Crippen LogP contribution in [0.2, 0.25) is 5.02 Å². The van der Waals surface area contributed by atoms with Crippen LogP contribution in [0.4, 0.5) is 10.1 Å². The highest BCUT2D eigenvalue weighted by Gasteiger charge is 2.59. The number of amides is 2. The van der Waals surface area contributed by atoms with E-state index >= 15 is 0 Å². The van der Waals surface area contributed by atoms with Crippen LogP contribution in [-0.4, -0.2) is 61.6 Å². The number of hydrogen-bond acceptors (Lipinski definition) is 4. The summed E-state index contributed by atoms with van der Waals surface area (Å²) >= 11 is 6.31. The minimum Gasteiger partial charge on any atom is -0.496 e. The normalized spacial score (nSPS) is 25.7. The number of rotatable bonds is 4.